The molecule has 0 atom stereocenters. The third-order valence-corrected chi connectivity index (χ3v) is 6.95. The number of ether oxygens (including phenoxy) is 1. The SMILES string of the molecule is Cc1cc(Oc2nc3ccccn3c(=O)c2/C=C(\C#N)C(=O)Nc2c(C)n(C)n(-c3ccccc3)c2=O)ccc1Cl. The lowest BCUT2D eigenvalue weighted by Crippen LogP contribution is -2.24. The summed E-state index contributed by atoms with van der Waals surface area (Å²) in [5.74, 6) is -0.617. The zero-order valence-electron chi connectivity index (χ0n) is 22.3. The van der Waals surface area contributed by atoms with Crippen LogP contribution in [0, 0.1) is 25.2 Å². The van der Waals surface area contributed by atoms with Gasteiger partial charge in [0.25, 0.3) is 17.0 Å². The molecular formula is C30H23ClN6O4. The zero-order chi connectivity index (χ0) is 29.3. The van der Waals surface area contributed by atoms with E-state index >= 15 is 0 Å². The Morgan fingerprint density at radius 2 is 1.78 bits per heavy atom. The maximum atomic E-state index is 13.5. The van der Waals surface area contributed by atoms with Gasteiger partial charge in [-0.3, -0.25) is 23.5 Å². The molecule has 0 saturated heterocycles. The summed E-state index contributed by atoms with van der Waals surface area (Å²) >= 11 is 6.14. The number of pyridine rings is 1. The van der Waals surface area contributed by atoms with Crippen molar-refractivity contribution < 1.29 is 9.53 Å². The summed E-state index contributed by atoms with van der Waals surface area (Å²) < 4.78 is 10.2. The summed E-state index contributed by atoms with van der Waals surface area (Å²) in [4.78, 5) is 44.5. The largest absolute Gasteiger partial charge is 0.438 e. The molecule has 2 aromatic carbocycles. The van der Waals surface area contributed by atoms with Crippen LogP contribution in [0.5, 0.6) is 11.6 Å². The van der Waals surface area contributed by atoms with Gasteiger partial charge in [0, 0.05) is 18.3 Å². The summed E-state index contributed by atoms with van der Waals surface area (Å²) in [6.07, 6.45) is 2.62. The molecule has 0 spiro atoms. The average molecular weight is 567 g/mol. The number of hydrogen-bond donors (Lipinski definition) is 1. The van der Waals surface area contributed by atoms with E-state index in [0.29, 0.717) is 27.8 Å². The predicted octanol–water partition coefficient (Wildman–Crippen LogP) is 4.79. The van der Waals surface area contributed by atoms with Crippen LogP contribution in [0.2, 0.25) is 5.02 Å². The highest BCUT2D eigenvalue weighted by Crippen LogP contribution is 2.27. The van der Waals surface area contributed by atoms with Gasteiger partial charge in [-0.2, -0.15) is 10.2 Å². The predicted molar refractivity (Wildman–Crippen MR) is 156 cm³/mol. The molecule has 0 aliphatic heterocycles. The fraction of sp³-hybridized carbons (Fsp3) is 0.100. The van der Waals surface area contributed by atoms with Crippen molar-refractivity contribution in [1.82, 2.24) is 18.7 Å². The number of carbonyl (C=O) groups is 1. The van der Waals surface area contributed by atoms with Crippen LogP contribution in [-0.2, 0) is 11.8 Å². The van der Waals surface area contributed by atoms with E-state index < -0.39 is 22.6 Å². The Morgan fingerprint density at radius 3 is 2.49 bits per heavy atom. The molecule has 5 rings (SSSR count). The van der Waals surface area contributed by atoms with Gasteiger partial charge in [0.15, 0.2) is 0 Å². The topological polar surface area (TPSA) is 123 Å². The molecule has 3 heterocycles. The third-order valence-electron chi connectivity index (χ3n) is 6.52. The lowest BCUT2D eigenvalue weighted by molar-refractivity contribution is -0.112. The van der Waals surface area contributed by atoms with Crippen LogP contribution >= 0.6 is 11.6 Å². The first-order chi connectivity index (χ1) is 19.7. The fourth-order valence-electron chi connectivity index (χ4n) is 4.26. The number of aromatic nitrogens is 4. The number of para-hydroxylation sites is 1. The average Bonchev–Trinajstić information content (AvgIpc) is 3.18. The number of fused-ring (bicyclic) bond motifs is 1. The van der Waals surface area contributed by atoms with Crippen LogP contribution < -0.4 is 21.2 Å². The lowest BCUT2D eigenvalue weighted by atomic mass is 10.1. The first-order valence-electron chi connectivity index (χ1n) is 12.4. The quantitative estimate of drug-likeness (QED) is 0.233. The molecule has 3 aromatic heterocycles. The fourth-order valence-corrected chi connectivity index (χ4v) is 4.38. The Hall–Kier alpha value is -5.40. The Morgan fingerprint density at radius 1 is 1.05 bits per heavy atom. The van der Waals surface area contributed by atoms with Crippen molar-refractivity contribution in [2.24, 2.45) is 7.05 Å². The monoisotopic (exact) mass is 566 g/mol. The van der Waals surface area contributed by atoms with Crippen LogP contribution in [0.1, 0.15) is 16.8 Å². The van der Waals surface area contributed by atoms with Gasteiger partial charge in [-0.05, 0) is 68.0 Å². The summed E-state index contributed by atoms with van der Waals surface area (Å²) in [6, 6.07) is 20.7. The number of halogens is 1. The van der Waals surface area contributed by atoms with Crippen LogP contribution in [0.4, 0.5) is 5.69 Å². The van der Waals surface area contributed by atoms with E-state index in [2.05, 4.69) is 10.3 Å². The van der Waals surface area contributed by atoms with Gasteiger partial charge in [-0.15, -0.1) is 0 Å². The molecule has 0 aliphatic carbocycles. The normalized spacial score (nSPS) is 11.3. The van der Waals surface area contributed by atoms with Gasteiger partial charge >= 0.3 is 0 Å². The van der Waals surface area contributed by atoms with Crippen molar-refractivity contribution in [2.45, 2.75) is 13.8 Å². The van der Waals surface area contributed by atoms with Crippen molar-refractivity contribution in [3.63, 3.8) is 0 Å². The Labute approximate surface area is 238 Å². The number of benzene rings is 2. The highest BCUT2D eigenvalue weighted by molar-refractivity contribution is 6.31. The number of aryl methyl sites for hydroxylation is 1. The van der Waals surface area contributed by atoms with E-state index in [9.17, 15) is 19.6 Å². The minimum Gasteiger partial charge on any atom is -0.438 e. The molecule has 10 nitrogen and oxygen atoms in total. The molecule has 0 aliphatic rings. The van der Waals surface area contributed by atoms with E-state index in [1.165, 1.54) is 15.3 Å². The number of amides is 1. The molecule has 0 fully saturated rings. The van der Waals surface area contributed by atoms with Gasteiger partial charge in [0.2, 0.25) is 5.88 Å². The summed E-state index contributed by atoms with van der Waals surface area (Å²) in [5, 5.41) is 13.0. The molecule has 5 aromatic rings. The molecule has 0 radical (unpaired) electrons. The number of nitriles is 1. The first-order valence-corrected chi connectivity index (χ1v) is 12.8. The highest BCUT2D eigenvalue weighted by Gasteiger charge is 2.22. The number of rotatable bonds is 6. The van der Waals surface area contributed by atoms with Gasteiger partial charge in [0.05, 0.1) is 11.4 Å². The molecule has 1 N–H and O–H groups in total. The molecule has 204 valence electrons. The van der Waals surface area contributed by atoms with E-state index in [4.69, 9.17) is 16.3 Å². The van der Waals surface area contributed by atoms with Crippen LogP contribution in [-0.4, -0.2) is 24.7 Å². The molecule has 0 bridgehead atoms. The Bertz CT molecular complexity index is 2020. The second kappa shape index (κ2) is 11.0. The number of nitrogens with zero attached hydrogens (tertiary/aromatic N) is 5. The second-order valence-electron chi connectivity index (χ2n) is 9.14. The number of hydrogen-bond acceptors (Lipinski definition) is 6. The van der Waals surface area contributed by atoms with Gasteiger partial charge in [-0.25, -0.2) is 4.68 Å². The molecule has 41 heavy (non-hydrogen) atoms. The molecule has 0 unspecified atom stereocenters. The van der Waals surface area contributed by atoms with Crippen LogP contribution in [0.3, 0.4) is 0 Å². The number of anilines is 1. The Kier molecular flexibility index (Phi) is 7.29. The lowest BCUT2D eigenvalue weighted by Gasteiger charge is -2.11. The van der Waals surface area contributed by atoms with Crippen molar-refractivity contribution in [3.8, 4) is 23.4 Å². The van der Waals surface area contributed by atoms with Crippen molar-refractivity contribution in [1.29, 1.82) is 5.26 Å². The van der Waals surface area contributed by atoms with E-state index in [1.54, 1.807) is 86.2 Å². The maximum Gasteiger partial charge on any atom is 0.295 e. The first kappa shape index (κ1) is 27.2. The Balaban J connectivity index is 1.58. The standard InChI is InChI=1S/C30H23ClN6O4/c1-18-15-22(12-13-24(18)31)41-28-23(29(39)36-14-8-7-11-25(36)33-28)16-20(17-32)27(38)34-26-19(2)35(3)37(30(26)40)21-9-5-4-6-10-21/h4-16H,1-3H3,(H,34,38)/b20-16+. The molecule has 0 saturated carbocycles. The summed E-state index contributed by atoms with van der Waals surface area (Å²) in [7, 11) is 1.68. The minimum atomic E-state index is -0.871. The maximum absolute atomic E-state index is 13.5. The number of nitrogens with one attached hydrogen (secondary N) is 1. The highest BCUT2D eigenvalue weighted by atomic mass is 35.5. The van der Waals surface area contributed by atoms with Crippen LogP contribution in [0.25, 0.3) is 17.4 Å². The minimum absolute atomic E-state index is 0.00368. The van der Waals surface area contributed by atoms with E-state index in [0.717, 1.165) is 11.6 Å². The van der Waals surface area contributed by atoms with Crippen LogP contribution in [0.15, 0.2) is 88.1 Å². The second-order valence-corrected chi connectivity index (χ2v) is 9.55. The zero-order valence-corrected chi connectivity index (χ0v) is 23.0. The van der Waals surface area contributed by atoms with Gasteiger partial charge in [-0.1, -0.05) is 35.9 Å². The van der Waals surface area contributed by atoms with Gasteiger partial charge < -0.3 is 10.1 Å². The van der Waals surface area contributed by atoms with Crippen molar-refractivity contribution in [2.75, 3.05) is 5.32 Å². The van der Waals surface area contributed by atoms with E-state index in [-0.39, 0.29) is 17.1 Å². The molecular weight excluding hydrogens is 544 g/mol. The van der Waals surface area contributed by atoms with Gasteiger partial charge in [0.1, 0.15) is 34.3 Å². The summed E-state index contributed by atoms with van der Waals surface area (Å²) in [5.41, 5.74) is 0.549. The third kappa shape index (κ3) is 5.14. The van der Waals surface area contributed by atoms with Crippen molar-refractivity contribution in [3.05, 3.63) is 121 Å². The molecule has 1 amide bonds. The smallest absolute Gasteiger partial charge is 0.295 e. The molecule has 11 heteroatoms. The summed E-state index contributed by atoms with van der Waals surface area (Å²) in [6.45, 7) is 3.47. The van der Waals surface area contributed by atoms with E-state index in [1.807, 2.05) is 12.1 Å². The van der Waals surface area contributed by atoms with Crippen molar-refractivity contribution >= 4 is 34.9 Å². The number of carbonyl (C=O) groups excluding carboxylic acids is 1.